The van der Waals surface area contributed by atoms with Gasteiger partial charge < -0.3 is 5.73 Å². The standard InChI is InChI=1S/C10H8N2S2/c11-4-3-6-1-2-8(12)7-5-9(13)14-10(6)7/h1-2,5,13H,3,12H2. The molecule has 1 heterocycles. The van der Waals surface area contributed by atoms with Crippen molar-refractivity contribution in [2.24, 2.45) is 0 Å². The number of anilines is 1. The molecule has 2 N–H and O–H groups in total. The fourth-order valence-electron chi connectivity index (χ4n) is 1.41. The van der Waals surface area contributed by atoms with E-state index in [0.29, 0.717) is 6.42 Å². The Kier molecular flexibility index (Phi) is 2.36. The molecule has 1 aromatic heterocycles. The molecule has 0 fully saturated rings. The predicted octanol–water partition coefficient (Wildman–Crippen LogP) is 2.84. The van der Waals surface area contributed by atoms with Gasteiger partial charge in [0.1, 0.15) is 0 Å². The largest absolute Gasteiger partial charge is 0.398 e. The van der Waals surface area contributed by atoms with Gasteiger partial charge in [0.25, 0.3) is 0 Å². The predicted molar refractivity (Wildman–Crippen MR) is 62.8 cm³/mol. The van der Waals surface area contributed by atoms with Crippen molar-refractivity contribution in [2.45, 2.75) is 10.6 Å². The second-order valence-corrected chi connectivity index (χ2v) is 4.81. The van der Waals surface area contributed by atoms with Crippen molar-refractivity contribution >= 4 is 39.7 Å². The zero-order chi connectivity index (χ0) is 10.1. The van der Waals surface area contributed by atoms with Gasteiger partial charge in [0.2, 0.25) is 0 Å². The van der Waals surface area contributed by atoms with Crippen LogP contribution >= 0.6 is 24.0 Å². The first-order valence-corrected chi connectivity index (χ1v) is 5.35. The second kappa shape index (κ2) is 3.52. The van der Waals surface area contributed by atoms with Crippen molar-refractivity contribution in [2.75, 3.05) is 5.73 Å². The summed E-state index contributed by atoms with van der Waals surface area (Å²) in [5, 5.41) is 9.67. The summed E-state index contributed by atoms with van der Waals surface area (Å²) in [6, 6.07) is 7.84. The van der Waals surface area contributed by atoms with Crippen LogP contribution in [0.2, 0.25) is 0 Å². The lowest BCUT2D eigenvalue weighted by molar-refractivity contribution is 1.29. The van der Waals surface area contributed by atoms with E-state index >= 15 is 0 Å². The minimum absolute atomic E-state index is 0.421. The van der Waals surface area contributed by atoms with Crippen LogP contribution in [-0.4, -0.2) is 0 Å². The number of nitrogens with two attached hydrogens (primary N) is 1. The molecule has 2 nitrogen and oxygen atoms in total. The quantitative estimate of drug-likeness (QED) is 0.573. The Morgan fingerprint density at radius 3 is 3.00 bits per heavy atom. The third kappa shape index (κ3) is 1.45. The monoisotopic (exact) mass is 220 g/mol. The van der Waals surface area contributed by atoms with Gasteiger partial charge in [0.15, 0.2) is 0 Å². The molecule has 0 aliphatic carbocycles. The molecule has 0 radical (unpaired) electrons. The molecule has 2 aromatic rings. The third-order valence-corrected chi connectivity index (χ3v) is 3.47. The average molecular weight is 220 g/mol. The van der Waals surface area contributed by atoms with E-state index in [-0.39, 0.29) is 0 Å². The molecule has 0 spiro atoms. The van der Waals surface area contributed by atoms with Crippen LogP contribution in [0.5, 0.6) is 0 Å². The third-order valence-electron chi connectivity index (χ3n) is 2.06. The van der Waals surface area contributed by atoms with Crippen molar-refractivity contribution in [3.05, 3.63) is 23.8 Å². The van der Waals surface area contributed by atoms with Gasteiger partial charge in [-0.1, -0.05) is 6.07 Å². The molecule has 0 aliphatic heterocycles. The maximum atomic E-state index is 8.66. The summed E-state index contributed by atoms with van der Waals surface area (Å²) in [5.41, 5.74) is 7.60. The highest BCUT2D eigenvalue weighted by molar-refractivity contribution is 7.83. The van der Waals surface area contributed by atoms with Crippen molar-refractivity contribution in [3.8, 4) is 6.07 Å². The highest BCUT2D eigenvalue weighted by Gasteiger charge is 2.07. The Morgan fingerprint density at radius 1 is 1.50 bits per heavy atom. The van der Waals surface area contributed by atoms with Crippen LogP contribution < -0.4 is 5.73 Å². The summed E-state index contributed by atoms with van der Waals surface area (Å²) in [5.74, 6) is 0. The first-order valence-electron chi connectivity index (χ1n) is 4.09. The van der Waals surface area contributed by atoms with Crippen LogP contribution in [-0.2, 0) is 6.42 Å². The molecule has 0 aliphatic rings. The molecule has 0 amide bonds. The van der Waals surface area contributed by atoms with Gasteiger partial charge in [-0.15, -0.1) is 24.0 Å². The molecule has 0 bridgehead atoms. The molecule has 0 saturated heterocycles. The lowest BCUT2D eigenvalue weighted by Gasteiger charge is -1.99. The topological polar surface area (TPSA) is 49.8 Å². The Balaban J connectivity index is 2.75. The Hall–Kier alpha value is -1.18. The number of fused-ring (bicyclic) bond motifs is 1. The zero-order valence-electron chi connectivity index (χ0n) is 7.32. The number of thiol groups is 1. The molecule has 0 unspecified atom stereocenters. The van der Waals surface area contributed by atoms with E-state index in [1.165, 1.54) is 0 Å². The number of hydrogen-bond donors (Lipinski definition) is 2. The smallest absolute Gasteiger partial charge is 0.0670 e. The van der Waals surface area contributed by atoms with Gasteiger partial charge in [-0.3, -0.25) is 0 Å². The maximum Gasteiger partial charge on any atom is 0.0670 e. The van der Waals surface area contributed by atoms with E-state index in [2.05, 4.69) is 18.7 Å². The number of hydrogen-bond acceptors (Lipinski definition) is 4. The summed E-state index contributed by atoms with van der Waals surface area (Å²) in [7, 11) is 0. The van der Waals surface area contributed by atoms with Crippen LogP contribution in [0.3, 0.4) is 0 Å². The van der Waals surface area contributed by atoms with Crippen LogP contribution in [0.15, 0.2) is 22.4 Å². The fraction of sp³-hybridized carbons (Fsp3) is 0.100. The molecule has 14 heavy (non-hydrogen) atoms. The van der Waals surface area contributed by atoms with E-state index in [9.17, 15) is 0 Å². The summed E-state index contributed by atoms with van der Waals surface area (Å²) in [6.07, 6.45) is 0.421. The minimum Gasteiger partial charge on any atom is -0.398 e. The number of thiophene rings is 1. The van der Waals surface area contributed by atoms with Gasteiger partial charge in [-0.05, 0) is 17.7 Å². The fourth-order valence-corrected chi connectivity index (χ4v) is 2.76. The van der Waals surface area contributed by atoms with Crippen molar-refractivity contribution in [1.82, 2.24) is 0 Å². The van der Waals surface area contributed by atoms with E-state index in [4.69, 9.17) is 11.0 Å². The SMILES string of the molecule is N#CCc1ccc(N)c2cc(S)sc12. The minimum atomic E-state index is 0.421. The lowest BCUT2D eigenvalue weighted by Crippen LogP contribution is -1.87. The zero-order valence-corrected chi connectivity index (χ0v) is 9.03. The molecular weight excluding hydrogens is 212 g/mol. The van der Waals surface area contributed by atoms with Crippen molar-refractivity contribution in [3.63, 3.8) is 0 Å². The number of benzene rings is 1. The molecule has 2 rings (SSSR count). The number of nitrogens with zero attached hydrogens (tertiary/aromatic N) is 1. The van der Waals surface area contributed by atoms with Gasteiger partial charge >= 0.3 is 0 Å². The van der Waals surface area contributed by atoms with Gasteiger partial charge in [0, 0.05) is 15.8 Å². The Bertz CT molecular complexity index is 523. The highest BCUT2D eigenvalue weighted by Crippen LogP contribution is 2.34. The van der Waals surface area contributed by atoms with Crippen LogP contribution in [0.1, 0.15) is 5.56 Å². The summed E-state index contributed by atoms with van der Waals surface area (Å²) in [4.78, 5) is 0. The van der Waals surface area contributed by atoms with Crippen LogP contribution in [0.4, 0.5) is 5.69 Å². The summed E-state index contributed by atoms with van der Waals surface area (Å²) < 4.78 is 2.01. The van der Waals surface area contributed by atoms with E-state index in [0.717, 1.165) is 25.5 Å². The molecule has 4 heteroatoms. The molecular formula is C10H8N2S2. The normalized spacial score (nSPS) is 10.3. The first-order chi connectivity index (χ1) is 6.72. The van der Waals surface area contributed by atoms with Gasteiger partial charge in [-0.2, -0.15) is 5.26 Å². The van der Waals surface area contributed by atoms with E-state index in [1.807, 2.05) is 18.2 Å². The van der Waals surface area contributed by atoms with Gasteiger partial charge in [-0.25, -0.2) is 0 Å². The van der Waals surface area contributed by atoms with E-state index < -0.39 is 0 Å². The van der Waals surface area contributed by atoms with Crippen molar-refractivity contribution in [1.29, 1.82) is 5.26 Å². The second-order valence-electron chi connectivity index (χ2n) is 2.98. The Labute approximate surface area is 91.4 Å². The number of rotatable bonds is 1. The highest BCUT2D eigenvalue weighted by atomic mass is 32.2. The van der Waals surface area contributed by atoms with Crippen LogP contribution in [0, 0.1) is 11.3 Å². The Morgan fingerprint density at radius 2 is 2.29 bits per heavy atom. The maximum absolute atomic E-state index is 8.66. The molecule has 0 saturated carbocycles. The average Bonchev–Trinajstić information content (AvgIpc) is 2.53. The molecule has 1 aromatic carbocycles. The number of nitrogen functional groups attached to an aromatic ring is 1. The molecule has 0 atom stereocenters. The first kappa shape index (κ1) is 9.38. The molecule has 70 valence electrons. The summed E-state index contributed by atoms with van der Waals surface area (Å²) in [6.45, 7) is 0. The van der Waals surface area contributed by atoms with Gasteiger partial charge in [0.05, 0.1) is 16.7 Å². The van der Waals surface area contributed by atoms with E-state index in [1.54, 1.807) is 11.3 Å². The van der Waals surface area contributed by atoms with Crippen molar-refractivity contribution < 1.29 is 0 Å². The summed E-state index contributed by atoms with van der Waals surface area (Å²) >= 11 is 5.85. The number of nitriles is 1. The van der Waals surface area contributed by atoms with Crippen LogP contribution in [0.25, 0.3) is 10.1 Å². The lowest BCUT2D eigenvalue weighted by atomic mass is 10.1.